The van der Waals surface area contributed by atoms with E-state index in [9.17, 15) is 0 Å². The molecule has 0 saturated carbocycles. The first kappa shape index (κ1) is 20.6. The monoisotopic (exact) mass is 421 g/mol. The molecule has 3 N–H and O–H groups in total. The topological polar surface area (TPSA) is 78.0 Å². The van der Waals surface area contributed by atoms with Crippen molar-refractivity contribution in [2.24, 2.45) is 0 Å². The van der Waals surface area contributed by atoms with Crippen molar-refractivity contribution < 1.29 is 4.74 Å². The lowest BCUT2D eigenvalue weighted by Crippen LogP contribution is -2.09. The van der Waals surface area contributed by atoms with E-state index in [-0.39, 0.29) is 5.95 Å². The fraction of sp³-hybridized carbons (Fsp3) is 0.400. The second kappa shape index (κ2) is 9.34. The number of rotatable bonds is 9. The van der Waals surface area contributed by atoms with Crippen molar-refractivity contribution >= 4 is 46.0 Å². The van der Waals surface area contributed by atoms with Crippen LogP contribution in [0.2, 0.25) is 5.02 Å². The molecule has 0 aliphatic rings. The fourth-order valence-electron chi connectivity index (χ4n) is 3.19. The van der Waals surface area contributed by atoms with E-state index >= 15 is 0 Å². The summed E-state index contributed by atoms with van der Waals surface area (Å²) in [6, 6.07) is 5.97. The average Bonchev–Trinajstić information content (AvgIpc) is 3.00. The summed E-state index contributed by atoms with van der Waals surface area (Å²) in [5.41, 5.74) is 9.39. The molecule has 0 amide bonds. The number of nitrogens with zero attached hydrogens (tertiary/aromatic N) is 3. The SMILES string of the molecule is CCCCCNc1nc(N)nc2c(Cl)cn(Cc3ccc(CCl)cc3OC)c12. The van der Waals surface area contributed by atoms with Gasteiger partial charge in [0.2, 0.25) is 5.95 Å². The standard InChI is InChI=1S/C20H25Cl2N5O/c1-3-4-5-8-24-19-18-17(25-20(23)26-19)15(22)12-27(18)11-14-7-6-13(10-21)9-16(14)28-2/h6-7,9,12H,3-5,8,10-11H2,1-2H3,(H3,23,24,25,26). The highest BCUT2D eigenvalue weighted by molar-refractivity contribution is 6.35. The molecule has 2 heterocycles. The summed E-state index contributed by atoms with van der Waals surface area (Å²) >= 11 is 12.4. The summed E-state index contributed by atoms with van der Waals surface area (Å²) in [4.78, 5) is 8.75. The zero-order valence-electron chi connectivity index (χ0n) is 16.1. The molecule has 2 aromatic heterocycles. The van der Waals surface area contributed by atoms with Crippen LogP contribution in [0.3, 0.4) is 0 Å². The zero-order chi connectivity index (χ0) is 20.1. The molecule has 6 nitrogen and oxygen atoms in total. The van der Waals surface area contributed by atoms with Gasteiger partial charge in [-0.1, -0.05) is 43.5 Å². The fourth-order valence-corrected chi connectivity index (χ4v) is 3.61. The number of fused-ring (bicyclic) bond motifs is 1. The normalized spacial score (nSPS) is 11.1. The van der Waals surface area contributed by atoms with Gasteiger partial charge in [-0.3, -0.25) is 0 Å². The first-order chi connectivity index (χ1) is 13.6. The van der Waals surface area contributed by atoms with Crippen LogP contribution in [0.5, 0.6) is 5.75 Å². The highest BCUT2D eigenvalue weighted by Gasteiger charge is 2.17. The van der Waals surface area contributed by atoms with Gasteiger partial charge in [0.1, 0.15) is 16.8 Å². The van der Waals surface area contributed by atoms with Gasteiger partial charge in [-0.15, -0.1) is 11.6 Å². The summed E-state index contributed by atoms with van der Waals surface area (Å²) < 4.78 is 7.57. The van der Waals surface area contributed by atoms with Crippen molar-refractivity contribution in [3.63, 3.8) is 0 Å². The quantitative estimate of drug-likeness (QED) is 0.372. The lowest BCUT2D eigenvalue weighted by atomic mass is 10.1. The maximum absolute atomic E-state index is 6.45. The summed E-state index contributed by atoms with van der Waals surface area (Å²) in [6.07, 6.45) is 5.22. The molecule has 150 valence electrons. The number of benzene rings is 1. The number of aromatic nitrogens is 3. The first-order valence-electron chi connectivity index (χ1n) is 9.34. The van der Waals surface area contributed by atoms with Gasteiger partial charge in [-0.2, -0.15) is 4.98 Å². The van der Waals surface area contributed by atoms with Crippen molar-refractivity contribution in [3.8, 4) is 5.75 Å². The zero-order valence-corrected chi connectivity index (χ0v) is 17.6. The summed E-state index contributed by atoms with van der Waals surface area (Å²) in [5, 5.41) is 3.93. The summed E-state index contributed by atoms with van der Waals surface area (Å²) in [7, 11) is 1.65. The molecule has 0 fully saturated rings. The Bertz CT molecular complexity index is 957. The minimum Gasteiger partial charge on any atom is -0.496 e. The number of ether oxygens (including phenoxy) is 1. The van der Waals surface area contributed by atoms with Crippen molar-refractivity contribution in [1.82, 2.24) is 14.5 Å². The molecule has 0 saturated heterocycles. The Hall–Kier alpha value is -2.18. The van der Waals surface area contributed by atoms with E-state index in [0.29, 0.717) is 28.8 Å². The molecule has 8 heteroatoms. The number of anilines is 2. The lowest BCUT2D eigenvalue weighted by molar-refractivity contribution is 0.408. The van der Waals surface area contributed by atoms with Crippen LogP contribution in [0.25, 0.3) is 11.0 Å². The van der Waals surface area contributed by atoms with E-state index in [4.69, 9.17) is 33.7 Å². The molecular weight excluding hydrogens is 397 g/mol. The van der Waals surface area contributed by atoms with Crippen LogP contribution in [0, 0.1) is 0 Å². The Morgan fingerprint density at radius 2 is 2.07 bits per heavy atom. The Labute approximate surface area is 175 Å². The van der Waals surface area contributed by atoms with Crippen LogP contribution in [-0.2, 0) is 12.4 Å². The summed E-state index contributed by atoms with van der Waals surface area (Å²) in [5.74, 6) is 2.12. The highest BCUT2D eigenvalue weighted by atomic mass is 35.5. The van der Waals surface area contributed by atoms with Crippen molar-refractivity contribution in [2.75, 3.05) is 24.7 Å². The molecule has 0 radical (unpaired) electrons. The first-order valence-corrected chi connectivity index (χ1v) is 10.3. The van der Waals surface area contributed by atoms with Gasteiger partial charge < -0.3 is 20.4 Å². The Morgan fingerprint density at radius 1 is 1.25 bits per heavy atom. The number of hydrogen-bond donors (Lipinski definition) is 2. The number of methoxy groups -OCH3 is 1. The predicted molar refractivity (Wildman–Crippen MR) is 117 cm³/mol. The number of nitrogen functional groups attached to an aromatic ring is 1. The van der Waals surface area contributed by atoms with Crippen LogP contribution < -0.4 is 15.8 Å². The molecule has 3 aromatic rings. The van der Waals surface area contributed by atoms with Crippen LogP contribution >= 0.6 is 23.2 Å². The van der Waals surface area contributed by atoms with Gasteiger partial charge in [0.25, 0.3) is 0 Å². The second-order valence-electron chi connectivity index (χ2n) is 6.65. The largest absolute Gasteiger partial charge is 0.496 e. The predicted octanol–water partition coefficient (Wildman–Crippen LogP) is 5.06. The maximum atomic E-state index is 6.45. The molecule has 3 rings (SSSR count). The second-order valence-corrected chi connectivity index (χ2v) is 7.32. The molecule has 0 bridgehead atoms. The van der Waals surface area contributed by atoms with E-state index in [0.717, 1.165) is 48.2 Å². The molecule has 0 atom stereocenters. The third kappa shape index (κ3) is 4.45. The number of nitrogens with one attached hydrogen (secondary N) is 1. The van der Waals surface area contributed by atoms with E-state index in [1.54, 1.807) is 7.11 Å². The molecule has 1 aromatic carbocycles. The van der Waals surface area contributed by atoms with E-state index in [1.807, 2.05) is 29.0 Å². The molecule has 0 unspecified atom stereocenters. The van der Waals surface area contributed by atoms with Crippen LogP contribution in [0.4, 0.5) is 11.8 Å². The van der Waals surface area contributed by atoms with Crippen LogP contribution in [-0.4, -0.2) is 28.2 Å². The van der Waals surface area contributed by atoms with E-state index < -0.39 is 0 Å². The lowest BCUT2D eigenvalue weighted by Gasteiger charge is -2.14. The third-order valence-corrected chi connectivity index (χ3v) is 5.19. The number of hydrogen-bond acceptors (Lipinski definition) is 5. The van der Waals surface area contributed by atoms with Crippen molar-refractivity contribution in [1.29, 1.82) is 0 Å². The van der Waals surface area contributed by atoms with E-state index in [2.05, 4.69) is 22.2 Å². The van der Waals surface area contributed by atoms with Gasteiger partial charge in [-0.25, -0.2) is 4.98 Å². The average molecular weight is 422 g/mol. The van der Waals surface area contributed by atoms with Crippen LogP contribution in [0.15, 0.2) is 24.4 Å². The Balaban J connectivity index is 1.99. The van der Waals surface area contributed by atoms with Gasteiger partial charge in [-0.05, 0) is 18.1 Å². The summed E-state index contributed by atoms with van der Waals surface area (Å²) in [6.45, 7) is 3.55. The van der Waals surface area contributed by atoms with Gasteiger partial charge in [0.05, 0.1) is 18.7 Å². The third-order valence-electron chi connectivity index (χ3n) is 4.60. The van der Waals surface area contributed by atoms with E-state index in [1.165, 1.54) is 0 Å². The van der Waals surface area contributed by atoms with Gasteiger partial charge >= 0.3 is 0 Å². The highest BCUT2D eigenvalue weighted by Crippen LogP contribution is 2.32. The van der Waals surface area contributed by atoms with Crippen LogP contribution in [0.1, 0.15) is 37.3 Å². The molecule has 0 spiro atoms. The number of nitrogens with two attached hydrogens (primary N) is 1. The van der Waals surface area contributed by atoms with Gasteiger partial charge in [0.15, 0.2) is 5.82 Å². The Kier molecular flexibility index (Phi) is 6.86. The maximum Gasteiger partial charge on any atom is 0.222 e. The molecular formula is C20H25Cl2N5O. The van der Waals surface area contributed by atoms with Crippen molar-refractivity contribution in [2.45, 2.75) is 38.6 Å². The molecule has 0 aliphatic carbocycles. The minimum absolute atomic E-state index is 0.203. The van der Waals surface area contributed by atoms with Crippen molar-refractivity contribution in [3.05, 3.63) is 40.5 Å². The molecule has 0 aliphatic heterocycles. The molecule has 28 heavy (non-hydrogen) atoms. The number of halogens is 2. The van der Waals surface area contributed by atoms with Gasteiger partial charge in [0, 0.05) is 24.2 Å². The number of unbranched alkanes of at least 4 members (excludes halogenated alkanes) is 2. The smallest absolute Gasteiger partial charge is 0.222 e. The number of alkyl halides is 1. The Morgan fingerprint density at radius 3 is 2.79 bits per heavy atom. The minimum atomic E-state index is 0.203.